The van der Waals surface area contributed by atoms with Crippen molar-refractivity contribution in [2.75, 3.05) is 7.05 Å². The zero-order valence-electron chi connectivity index (χ0n) is 13.5. The highest BCUT2D eigenvalue weighted by Crippen LogP contribution is 2.23. The molecule has 0 bridgehead atoms. The summed E-state index contributed by atoms with van der Waals surface area (Å²) in [5, 5.41) is 6.91. The molecule has 4 nitrogen and oxygen atoms in total. The van der Waals surface area contributed by atoms with Crippen molar-refractivity contribution in [3.63, 3.8) is 0 Å². The molecule has 0 saturated heterocycles. The second kappa shape index (κ2) is 8.66. The zero-order valence-corrected chi connectivity index (χ0v) is 15.9. The van der Waals surface area contributed by atoms with Crippen LogP contribution in [0.15, 0.2) is 15.5 Å². The van der Waals surface area contributed by atoms with Crippen LogP contribution in [0.2, 0.25) is 0 Å². The Morgan fingerprint density at radius 3 is 2.48 bits per heavy atom. The van der Waals surface area contributed by atoms with Crippen LogP contribution in [0.4, 0.5) is 0 Å². The minimum Gasteiger partial charge on any atom is -0.466 e. The topological polar surface area (TPSA) is 49.6 Å². The molecule has 0 aromatic carbocycles. The second-order valence-corrected chi connectivity index (χ2v) is 5.97. The maximum atomic E-state index is 5.54. The van der Waals surface area contributed by atoms with Crippen molar-refractivity contribution in [1.29, 1.82) is 0 Å². The predicted molar refractivity (Wildman–Crippen MR) is 98.4 cm³/mol. The lowest BCUT2D eigenvalue weighted by molar-refractivity contribution is 0.329. The van der Waals surface area contributed by atoms with Gasteiger partial charge in [0.05, 0.1) is 0 Å². The molecule has 1 saturated carbocycles. The van der Waals surface area contributed by atoms with E-state index < -0.39 is 0 Å². The van der Waals surface area contributed by atoms with Crippen LogP contribution in [0.3, 0.4) is 0 Å². The molecule has 0 unspecified atom stereocenters. The van der Waals surface area contributed by atoms with Gasteiger partial charge < -0.3 is 15.1 Å². The maximum absolute atomic E-state index is 5.54. The molecule has 21 heavy (non-hydrogen) atoms. The van der Waals surface area contributed by atoms with Gasteiger partial charge in [-0.1, -0.05) is 6.92 Å². The number of nitrogens with one attached hydrogen (secondary N) is 2. The smallest absolute Gasteiger partial charge is 0.191 e. The van der Waals surface area contributed by atoms with E-state index in [1.54, 1.807) is 0 Å². The molecule has 2 N–H and O–H groups in total. The van der Waals surface area contributed by atoms with Crippen molar-refractivity contribution in [2.24, 2.45) is 10.9 Å². The van der Waals surface area contributed by atoms with Crippen molar-refractivity contribution in [3.05, 3.63) is 23.2 Å². The molecule has 0 radical (unpaired) electrons. The van der Waals surface area contributed by atoms with Crippen LogP contribution in [0.5, 0.6) is 0 Å². The molecule has 1 aliphatic carbocycles. The van der Waals surface area contributed by atoms with Crippen LogP contribution in [0, 0.1) is 19.8 Å². The Kier molecular flexibility index (Phi) is 7.56. The van der Waals surface area contributed by atoms with Gasteiger partial charge in [-0.2, -0.15) is 0 Å². The summed E-state index contributed by atoms with van der Waals surface area (Å²) in [6.45, 7) is 7.08. The van der Waals surface area contributed by atoms with Crippen molar-refractivity contribution >= 4 is 29.9 Å². The van der Waals surface area contributed by atoms with Crippen LogP contribution in [0.25, 0.3) is 0 Å². The largest absolute Gasteiger partial charge is 0.466 e. The number of guanidine groups is 1. The zero-order chi connectivity index (χ0) is 14.5. The number of hydrogen-bond acceptors (Lipinski definition) is 2. The van der Waals surface area contributed by atoms with Gasteiger partial charge in [0.15, 0.2) is 5.96 Å². The lowest BCUT2D eigenvalue weighted by atomic mass is 9.87. The van der Waals surface area contributed by atoms with Gasteiger partial charge in [-0.15, -0.1) is 24.0 Å². The summed E-state index contributed by atoms with van der Waals surface area (Å²) in [7, 11) is 1.83. The van der Waals surface area contributed by atoms with Crippen molar-refractivity contribution in [1.82, 2.24) is 10.6 Å². The summed E-state index contributed by atoms with van der Waals surface area (Å²) in [6.07, 6.45) is 5.11. The number of aryl methyl sites for hydroxylation is 2. The van der Waals surface area contributed by atoms with Gasteiger partial charge in [-0.25, -0.2) is 0 Å². The Labute approximate surface area is 145 Å². The third-order valence-corrected chi connectivity index (χ3v) is 4.17. The molecule has 5 heteroatoms. The van der Waals surface area contributed by atoms with E-state index in [9.17, 15) is 0 Å². The maximum Gasteiger partial charge on any atom is 0.191 e. The third-order valence-electron chi connectivity index (χ3n) is 4.17. The molecule has 120 valence electrons. The number of hydrogen-bond donors (Lipinski definition) is 2. The van der Waals surface area contributed by atoms with Crippen molar-refractivity contribution in [3.8, 4) is 0 Å². The second-order valence-electron chi connectivity index (χ2n) is 5.97. The normalized spacial score (nSPS) is 22.6. The molecule has 2 rings (SSSR count). The molecule has 0 spiro atoms. The SMILES string of the molecule is CN=C(NCc1cc(C)oc1C)NC1CCC(C)CC1.I. The summed E-state index contributed by atoms with van der Waals surface area (Å²) in [4.78, 5) is 4.32. The average Bonchev–Trinajstić information content (AvgIpc) is 2.75. The monoisotopic (exact) mass is 405 g/mol. The van der Waals surface area contributed by atoms with E-state index in [1.807, 2.05) is 20.9 Å². The highest BCUT2D eigenvalue weighted by Gasteiger charge is 2.18. The minimum atomic E-state index is 0. The molecule has 1 aromatic rings. The quantitative estimate of drug-likeness (QED) is 0.458. The average molecular weight is 405 g/mol. The van der Waals surface area contributed by atoms with Crippen LogP contribution in [0.1, 0.15) is 49.7 Å². The first-order valence-corrected chi connectivity index (χ1v) is 7.61. The van der Waals surface area contributed by atoms with Gasteiger partial charge in [-0.05, 0) is 51.5 Å². The Bertz CT molecular complexity index is 462. The molecule has 1 aromatic heterocycles. The summed E-state index contributed by atoms with van der Waals surface area (Å²) < 4.78 is 5.54. The highest BCUT2D eigenvalue weighted by atomic mass is 127. The summed E-state index contributed by atoms with van der Waals surface area (Å²) >= 11 is 0. The van der Waals surface area contributed by atoms with Gasteiger partial charge in [0.1, 0.15) is 11.5 Å². The lowest BCUT2D eigenvalue weighted by Crippen LogP contribution is -2.44. The standard InChI is InChI=1S/C16H27N3O.HI/c1-11-5-7-15(8-6-11)19-16(17-4)18-10-14-9-12(2)20-13(14)3;/h9,11,15H,5-8,10H2,1-4H3,(H2,17,18,19);1H. The Morgan fingerprint density at radius 2 is 1.95 bits per heavy atom. The first kappa shape index (κ1) is 18.3. The number of furan rings is 1. The van der Waals surface area contributed by atoms with E-state index in [0.717, 1.165) is 29.9 Å². The molecule has 1 fully saturated rings. The molecule has 0 atom stereocenters. The van der Waals surface area contributed by atoms with E-state index in [-0.39, 0.29) is 24.0 Å². The highest BCUT2D eigenvalue weighted by molar-refractivity contribution is 14.0. The lowest BCUT2D eigenvalue weighted by Gasteiger charge is -2.28. The Balaban J connectivity index is 0.00000220. The number of halogens is 1. The van der Waals surface area contributed by atoms with Gasteiger partial charge in [0.25, 0.3) is 0 Å². The Hall–Kier alpha value is -0.720. The predicted octanol–water partition coefficient (Wildman–Crippen LogP) is 3.76. The summed E-state index contributed by atoms with van der Waals surface area (Å²) in [6, 6.07) is 2.64. The van der Waals surface area contributed by atoms with Gasteiger partial charge in [0.2, 0.25) is 0 Å². The fraction of sp³-hybridized carbons (Fsp3) is 0.688. The van der Waals surface area contributed by atoms with Gasteiger partial charge in [0, 0.05) is 25.2 Å². The number of aliphatic imine (C=N–C) groups is 1. The number of rotatable bonds is 3. The van der Waals surface area contributed by atoms with E-state index in [4.69, 9.17) is 4.42 Å². The van der Waals surface area contributed by atoms with E-state index in [0.29, 0.717) is 6.04 Å². The van der Waals surface area contributed by atoms with Crippen LogP contribution in [-0.4, -0.2) is 19.0 Å². The van der Waals surface area contributed by atoms with E-state index >= 15 is 0 Å². The third kappa shape index (κ3) is 5.52. The molecular formula is C16H28IN3O. The number of nitrogens with zero attached hydrogens (tertiary/aromatic N) is 1. The fourth-order valence-electron chi connectivity index (χ4n) is 2.83. The Morgan fingerprint density at radius 1 is 1.29 bits per heavy atom. The van der Waals surface area contributed by atoms with Crippen LogP contribution < -0.4 is 10.6 Å². The van der Waals surface area contributed by atoms with Crippen molar-refractivity contribution in [2.45, 2.75) is 59.0 Å². The minimum absolute atomic E-state index is 0. The van der Waals surface area contributed by atoms with Crippen molar-refractivity contribution < 1.29 is 4.42 Å². The van der Waals surface area contributed by atoms with E-state index in [1.165, 1.54) is 31.2 Å². The van der Waals surface area contributed by atoms with Gasteiger partial charge in [-0.3, -0.25) is 4.99 Å². The molecule has 0 aliphatic heterocycles. The molecule has 0 amide bonds. The van der Waals surface area contributed by atoms with Gasteiger partial charge >= 0.3 is 0 Å². The van der Waals surface area contributed by atoms with Crippen LogP contribution >= 0.6 is 24.0 Å². The van der Waals surface area contributed by atoms with Crippen LogP contribution in [-0.2, 0) is 6.54 Å². The molecule has 1 aliphatic rings. The van der Waals surface area contributed by atoms with E-state index in [2.05, 4.69) is 28.6 Å². The molecule has 1 heterocycles. The summed E-state index contributed by atoms with van der Waals surface area (Å²) in [5.74, 6) is 3.71. The summed E-state index contributed by atoms with van der Waals surface area (Å²) in [5.41, 5.74) is 1.20. The first-order chi connectivity index (χ1) is 9.58. The fourth-order valence-corrected chi connectivity index (χ4v) is 2.83. The first-order valence-electron chi connectivity index (χ1n) is 7.61. The molecular weight excluding hydrogens is 377 g/mol.